The number of hydrogen-bond donors (Lipinski definition) is 1. The Balaban J connectivity index is 1.53. The van der Waals surface area contributed by atoms with Gasteiger partial charge < -0.3 is 14.8 Å². The fraction of sp³-hybridized carbons (Fsp3) is 0.261. The summed E-state index contributed by atoms with van der Waals surface area (Å²) in [5.74, 6) is -1.24. The molecule has 0 spiro atoms. The Morgan fingerprint density at radius 3 is 2.56 bits per heavy atom. The number of amides is 3. The van der Waals surface area contributed by atoms with E-state index < -0.39 is 17.8 Å². The van der Waals surface area contributed by atoms with Crippen LogP contribution in [0.3, 0.4) is 0 Å². The van der Waals surface area contributed by atoms with E-state index in [0.29, 0.717) is 12.0 Å². The summed E-state index contributed by atoms with van der Waals surface area (Å²) in [5, 5.41) is 2.17. The van der Waals surface area contributed by atoms with Crippen LogP contribution in [0.4, 0.5) is 18.0 Å². The lowest BCUT2D eigenvalue weighted by atomic mass is 10.1. The van der Waals surface area contributed by atoms with Crippen molar-refractivity contribution in [3.63, 3.8) is 0 Å². The molecule has 1 fully saturated rings. The first-order chi connectivity index (χ1) is 16.3. The molecule has 2 aromatic rings. The number of rotatable bonds is 10. The highest BCUT2D eigenvalue weighted by Gasteiger charge is 2.34. The predicted octanol–water partition coefficient (Wildman–Crippen LogP) is 4.22. The minimum Gasteiger partial charge on any atom is -0.493 e. The van der Waals surface area contributed by atoms with Gasteiger partial charge in [0, 0.05) is 19.5 Å². The summed E-state index contributed by atoms with van der Waals surface area (Å²) >= 11 is 0.736. The summed E-state index contributed by atoms with van der Waals surface area (Å²) in [6.45, 7) is -2.94. The highest BCUT2D eigenvalue weighted by Crippen LogP contribution is 2.34. The first kappa shape index (κ1) is 25.2. The monoisotopic (exact) mass is 494 g/mol. The Hall–Kier alpha value is -3.47. The summed E-state index contributed by atoms with van der Waals surface area (Å²) in [6, 6.07) is 9.99. The van der Waals surface area contributed by atoms with Gasteiger partial charge in [-0.15, -0.1) is 0 Å². The van der Waals surface area contributed by atoms with Crippen molar-refractivity contribution < 1.29 is 37.0 Å². The lowest BCUT2D eigenvalue weighted by Gasteiger charge is -2.13. The van der Waals surface area contributed by atoms with E-state index in [2.05, 4.69) is 10.1 Å². The first-order valence-electron chi connectivity index (χ1n) is 10.2. The van der Waals surface area contributed by atoms with Gasteiger partial charge in [-0.3, -0.25) is 19.3 Å². The van der Waals surface area contributed by atoms with Crippen LogP contribution >= 0.6 is 11.8 Å². The summed E-state index contributed by atoms with van der Waals surface area (Å²) in [6.07, 6.45) is 2.06. The smallest absolute Gasteiger partial charge is 0.387 e. The lowest BCUT2D eigenvalue weighted by Crippen LogP contribution is -2.37. The van der Waals surface area contributed by atoms with Crippen molar-refractivity contribution in [3.8, 4) is 11.5 Å². The molecule has 3 amide bonds. The summed E-state index contributed by atoms with van der Waals surface area (Å²) in [5.41, 5.74) is 1.27. The number of halogens is 3. The number of nitrogens with one attached hydrogen (secondary N) is 1. The third-order valence-corrected chi connectivity index (χ3v) is 5.69. The predicted molar refractivity (Wildman–Crippen MR) is 120 cm³/mol. The molecular weight excluding hydrogens is 473 g/mol. The lowest BCUT2D eigenvalue weighted by molar-refractivity contribution is -0.124. The highest BCUT2D eigenvalue weighted by atomic mass is 32.2. The van der Waals surface area contributed by atoms with Crippen LogP contribution in [-0.2, 0) is 16.0 Å². The number of benzene rings is 2. The molecule has 0 atom stereocenters. The van der Waals surface area contributed by atoms with Crippen molar-refractivity contribution in [2.45, 2.75) is 19.5 Å². The molecule has 1 aliphatic heterocycles. The first-order valence-corrected chi connectivity index (χ1v) is 11.0. The van der Waals surface area contributed by atoms with E-state index in [4.69, 9.17) is 4.74 Å². The van der Waals surface area contributed by atoms with Gasteiger partial charge in [-0.1, -0.05) is 18.2 Å². The molecule has 0 radical (unpaired) electrons. The molecular formula is C23H21F3N2O5S. The summed E-state index contributed by atoms with van der Waals surface area (Å²) < 4.78 is 47.3. The van der Waals surface area contributed by atoms with Crippen LogP contribution in [0, 0.1) is 5.82 Å². The topological polar surface area (TPSA) is 84.9 Å². The minimum atomic E-state index is -3.01. The molecule has 0 aliphatic carbocycles. The van der Waals surface area contributed by atoms with Crippen molar-refractivity contribution in [1.82, 2.24) is 10.2 Å². The van der Waals surface area contributed by atoms with Crippen molar-refractivity contribution in [1.29, 1.82) is 0 Å². The number of alkyl halides is 2. The van der Waals surface area contributed by atoms with E-state index in [9.17, 15) is 27.6 Å². The zero-order valence-corrected chi connectivity index (χ0v) is 18.9. The van der Waals surface area contributed by atoms with E-state index in [-0.39, 0.29) is 47.6 Å². The van der Waals surface area contributed by atoms with Gasteiger partial charge in [0.05, 0.1) is 12.0 Å². The van der Waals surface area contributed by atoms with E-state index in [0.717, 1.165) is 22.2 Å². The largest absolute Gasteiger partial charge is 0.493 e. The third kappa shape index (κ3) is 6.77. The number of carbonyl (C=O) groups is 3. The molecule has 0 saturated carbocycles. The van der Waals surface area contributed by atoms with Gasteiger partial charge in [-0.25, -0.2) is 4.39 Å². The maximum atomic E-state index is 12.9. The number of nitrogens with zero attached hydrogens (tertiary/aromatic N) is 1. The van der Waals surface area contributed by atoms with Gasteiger partial charge >= 0.3 is 6.61 Å². The van der Waals surface area contributed by atoms with Crippen molar-refractivity contribution in [2.24, 2.45) is 0 Å². The van der Waals surface area contributed by atoms with Gasteiger partial charge in [0.2, 0.25) is 5.91 Å². The average Bonchev–Trinajstić information content (AvgIpc) is 3.06. The molecule has 34 heavy (non-hydrogen) atoms. The van der Waals surface area contributed by atoms with Gasteiger partial charge in [-0.05, 0) is 59.7 Å². The Morgan fingerprint density at radius 2 is 1.88 bits per heavy atom. The molecule has 1 N–H and O–H groups in total. The van der Waals surface area contributed by atoms with Crippen LogP contribution in [0.5, 0.6) is 11.5 Å². The molecule has 0 aromatic heterocycles. The Labute approximate surface area is 197 Å². The fourth-order valence-electron chi connectivity index (χ4n) is 3.12. The van der Waals surface area contributed by atoms with Crippen LogP contribution in [0.2, 0.25) is 0 Å². The number of hydrogen-bond acceptors (Lipinski definition) is 6. The summed E-state index contributed by atoms with van der Waals surface area (Å²) in [4.78, 5) is 38.1. The maximum absolute atomic E-state index is 12.9. The van der Waals surface area contributed by atoms with Crippen LogP contribution in [-0.4, -0.2) is 48.8 Å². The Morgan fingerprint density at radius 1 is 1.15 bits per heavy atom. The molecule has 0 bridgehead atoms. The molecule has 1 heterocycles. The minimum absolute atomic E-state index is 0.00518. The molecule has 3 rings (SSSR count). The number of aryl methyl sites for hydroxylation is 1. The van der Waals surface area contributed by atoms with Gasteiger partial charge in [0.25, 0.3) is 11.1 Å². The zero-order chi connectivity index (χ0) is 24.7. The van der Waals surface area contributed by atoms with Gasteiger partial charge in [0.1, 0.15) is 5.82 Å². The van der Waals surface area contributed by atoms with Crippen molar-refractivity contribution in [3.05, 3.63) is 64.3 Å². The van der Waals surface area contributed by atoms with Crippen LogP contribution in [0.15, 0.2) is 47.4 Å². The van der Waals surface area contributed by atoms with Gasteiger partial charge in [-0.2, -0.15) is 8.78 Å². The maximum Gasteiger partial charge on any atom is 0.387 e. The number of carbonyl (C=O) groups excluding carboxylic acids is 3. The van der Waals surface area contributed by atoms with E-state index in [1.165, 1.54) is 43.5 Å². The van der Waals surface area contributed by atoms with Crippen molar-refractivity contribution >= 4 is 34.9 Å². The molecule has 1 aliphatic rings. The second-order valence-corrected chi connectivity index (χ2v) is 8.09. The number of thioether (sulfide) groups is 1. The average molecular weight is 494 g/mol. The van der Waals surface area contributed by atoms with Crippen LogP contribution in [0.25, 0.3) is 6.08 Å². The van der Waals surface area contributed by atoms with Gasteiger partial charge in [0.15, 0.2) is 11.5 Å². The quantitative estimate of drug-likeness (QED) is 0.498. The summed E-state index contributed by atoms with van der Waals surface area (Å²) in [7, 11) is 1.29. The molecule has 1 saturated heterocycles. The normalized spacial score (nSPS) is 14.7. The SMILES string of the molecule is COc1cc(/C=C2\SC(=O)N(CCNC(=O)CCc3ccc(F)cc3)C2=O)ccc1OC(F)F. The molecule has 0 unspecified atom stereocenters. The standard InChI is InChI=1S/C23H21F3N2O5S/c1-32-18-12-15(4-8-17(18)33-22(25)26)13-19-21(30)28(23(31)34-19)11-10-27-20(29)9-5-14-2-6-16(24)7-3-14/h2-4,6-8,12-13,22H,5,9-11H2,1H3,(H,27,29)/b19-13-. The van der Waals surface area contributed by atoms with E-state index >= 15 is 0 Å². The van der Waals surface area contributed by atoms with E-state index in [1.54, 1.807) is 12.1 Å². The third-order valence-electron chi connectivity index (χ3n) is 4.79. The number of imide groups is 1. The zero-order valence-electron chi connectivity index (χ0n) is 18.1. The molecule has 2 aromatic carbocycles. The fourth-order valence-corrected chi connectivity index (χ4v) is 3.98. The van der Waals surface area contributed by atoms with Crippen molar-refractivity contribution in [2.75, 3.05) is 20.2 Å². The van der Waals surface area contributed by atoms with E-state index in [1.807, 2.05) is 0 Å². The van der Waals surface area contributed by atoms with Crippen LogP contribution in [0.1, 0.15) is 17.5 Å². The second-order valence-electron chi connectivity index (χ2n) is 7.10. The number of methoxy groups -OCH3 is 1. The van der Waals surface area contributed by atoms with Crippen LogP contribution < -0.4 is 14.8 Å². The number of ether oxygens (including phenoxy) is 2. The Bertz CT molecular complexity index is 1090. The molecule has 7 nitrogen and oxygen atoms in total. The second kappa shape index (κ2) is 11.6. The highest BCUT2D eigenvalue weighted by molar-refractivity contribution is 8.18. The Kier molecular flexibility index (Phi) is 8.58. The molecule has 180 valence electrons. The molecule has 11 heteroatoms.